The summed E-state index contributed by atoms with van der Waals surface area (Å²) in [7, 11) is 0. The quantitative estimate of drug-likeness (QED) is 0.242. The summed E-state index contributed by atoms with van der Waals surface area (Å²) in [5, 5.41) is 6.98. The third kappa shape index (κ3) is 10.3. The van der Waals surface area contributed by atoms with Crippen molar-refractivity contribution in [2.45, 2.75) is 131 Å². The molecule has 0 unspecified atom stereocenters. The Kier molecular flexibility index (Phi) is 13.0. The number of hydrogen-bond acceptors (Lipinski definition) is 4. The number of ketones is 2. The molecule has 0 aliphatic carbocycles. The molecule has 0 aromatic rings. The van der Waals surface area contributed by atoms with Gasteiger partial charge in [0.15, 0.2) is 11.6 Å². The number of allylic oxidation sites excluding steroid dienone is 2. The normalized spacial score (nSPS) is 16.6. The van der Waals surface area contributed by atoms with Crippen LogP contribution in [0.4, 0.5) is 0 Å². The zero-order valence-corrected chi connectivity index (χ0v) is 21.5. The molecule has 0 amide bonds. The largest absolute Gasteiger partial charge is 0.303 e. The SMILES string of the molecule is CC(C)N[C@@](C)(CCC/C=C\CCC[C@](C)(NC(C)C)C(=O)C(C)C)C(=O)C(C)C. The Labute approximate surface area is 187 Å². The molecule has 0 rings (SSSR count). The van der Waals surface area contributed by atoms with Gasteiger partial charge in [-0.3, -0.25) is 9.59 Å². The van der Waals surface area contributed by atoms with E-state index < -0.39 is 11.1 Å². The Bertz CT molecular complexity index is 503. The minimum atomic E-state index is -0.447. The predicted octanol–water partition coefficient (Wildman–Crippen LogP) is 5.85. The van der Waals surface area contributed by atoms with Crippen LogP contribution in [0.25, 0.3) is 0 Å². The summed E-state index contributed by atoms with van der Waals surface area (Å²) in [6.07, 6.45) is 10.1. The van der Waals surface area contributed by atoms with Crippen LogP contribution in [-0.2, 0) is 9.59 Å². The number of carbonyl (C=O) groups is 2. The lowest BCUT2D eigenvalue weighted by atomic mass is 9.83. The molecule has 0 spiro atoms. The van der Waals surface area contributed by atoms with Crippen LogP contribution in [0.3, 0.4) is 0 Å². The average molecular weight is 423 g/mol. The highest BCUT2D eigenvalue weighted by atomic mass is 16.1. The number of rotatable bonds is 16. The summed E-state index contributed by atoms with van der Waals surface area (Å²) >= 11 is 0. The number of Topliss-reactive ketones (excluding diaryl/α,β-unsaturated/α-hetero) is 2. The Balaban J connectivity index is 4.55. The summed E-state index contributed by atoms with van der Waals surface area (Å²) in [6.45, 7) is 20.4. The van der Waals surface area contributed by atoms with E-state index in [9.17, 15) is 9.59 Å². The highest BCUT2D eigenvalue weighted by molar-refractivity contribution is 5.90. The Hall–Kier alpha value is -1.00. The first-order valence-electron chi connectivity index (χ1n) is 12.0. The fourth-order valence-electron chi connectivity index (χ4n) is 4.46. The zero-order chi connectivity index (χ0) is 23.5. The van der Waals surface area contributed by atoms with E-state index in [0.717, 1.165) is 38.5 Å². The maximum Gasteiger partial charge on any atom is 0.155 e. The van der Waals surface area contributed by atoms with Gasteiger partial charge < -0.3 is 10.6 Å². The lowest BCUT2D eigenvalue weighted by molar-refractivity contribution is -0.129. The second kappa shape index (κ2) is 13.4. The number of unbranched alkanes of at least 4 members (excludes halogenated alkanes) is 2. The highest BCUT2D eigenvalue weighted by Gasteiger charge is 2.35. The molecular weight excluding hydrogens is 372 g/mol. The van der Waals surface area contributed by atoms with Crippen molar-refractivity contribution < 1.29 is 9.59 Å². The van der Waals surface area contributed by atoms with E-state index in [1.165, 1.54) is 0 Å². The van der Waals surface area contributed by atoms with Gasteiger partial charge in [-0.2, -0.15) is 0 Å². The van der Waals surface area contributed by atoms with Crippen LogP contribution in [0.15, 0.2) is 12.2 Å². The van der Waals surface area contributed by atoms with E-state index in [0.29, 0.717) is 11.6 Å². The van der Waals surface area contributed by atoms with Crippen LogP contribution in [-0.4, -0.2) is 34.7 Å². The van der Waals surface area contributed by atoms with Gasteiger partial charge in [-0.25, -0.2) is 0 Å². The standard InChI is InChI=1S/C26H50N2O2/c1-19(2)23(29)25(9,27-21(5)6)17-15-13-11-12-14-16-18-26(10,28-22(7)8)24(30)20(3)4/h11-12,19-22,27-28H,13-18H2,1-10H3/b12-11-/t25-,26-/m0/s1. The van der Waals surface area contributed by atoms with Crippen LogP contribution in [0, 0.1) is 11.8 Å². The van der Waals surface area contributed by atoms with Crippen molar-refractivity contribution in [3.8, 4) is 0 Å². The van der Waals surface area contributed by atoms with Crippen molar-refractivity contribution in [3.05, 3.63) is 12.2 Å². The molecule has 0 saturated carbocycles. The Morgan fingerprint density at radius 2 is 0.967 bits per heavy atom. The van der Waals surface area contributed by atoms with E-state index in [1.807, 2.05) is 41.5 Å². The molecule has 0 aromatic heterocycles. The predicted molar refractivity (Wildman–Crippen MR) is 130 cm³/mol. The number of hydrogen-bond donors (Lipinski definition) is 2. The van der Waals surface area contributed by atoms with Gasteiger partial charge in [0.2, 0.25) is 0 Å². The fourth-order valence-corrected chi connectivity index (χ4v) is 4.46. The molecule has 0 saturated heterocycles. The smallest absolute Gasteiger partial charge is 0.155 e. The van der Waals surface area contributed by atoms with Gasteiger partial charge in [-0.05, 0) is 80.1 Å². The van der Waals surface area contributed by atoms with E-state index in [4.69, 9.17) is 0 Å². The maximum absolute atomic E-state index is 12.7. The van der Waals surface area contributed by atoms with Crippen molar-refractivity contribution in [2.24, 2.45) is 11.8 Å². The summed E-state index contributed by atoms with van der Waals surface area (Å²) < 4.78 is 0. The first-order chi connectivity index (χ1) is 13.7. The summed E-state index contributed by atoms with van der Waals surface area (Å²) in [6, 6.07) is 0.575. The molecular formula is C26H50N2O2. The number of nitrogens with one attached hydrogen (secondary N) is 2. The van der Waals surface area contributed by atoms with Gasteiger partial charge in [0.05, 0.1) is 11.1 Å². The molecule has 2 N–H and O–H groups in total. The van der Waals surface area contributed by atoms with Crippen molar-refractivity contribution in [2.75, 3.05) is 0 Å². The second-order valence-corrected chi connectivity index (χ2v) is 10.6. The summed E-state index contributed by atoms with van der Waals surface area (Å²) in [5.74, 6) is 0.678. The van der Waals surface area contributed by atoms with E-state index >= 15 is 0 Å². The van der Waals surface area contributed by atoms with Crippen molar-refractivity contribution in [1.29, 1.82) is 0 Å². The first kappa shape index (κ1) is 29.0. The van der Waals surface area contributed by atoms with Gasteiger partial charge in [-0.1, -0.05) is 39.8 Å². The summed E-state index contributed by atoms with van der Waals surface area (Å²) in [4.78, 5) is 25.3. The monoisotopic (exact) mass is 422 g/mol. The Morgan fingerprint density at radius 3 is 1.20 bits per heavy atom. The van der Waals surface area contributed by atoms with Gasteiger partial charge in [-0.15, -0.1) is 0 Å². The fraction of sp³-hybridized carbons (Fsp3) is 0.846. The molecule has 0 aliphatic rings. The topological polar surface area (TPSA) is 58.2 Å². The van der Waals surface area contributed by atoms with Crippen molar-refractivity contribution in [1.82, 2.24) is 10.6 Å². The van der Waals surface area contributed by atoms with Crippen LogP contribution >= 0.6 is 0 Å². The lowest BCUT2D eigenvalue weighted by Gasteiger charge is -2.33. The van der Waals surface area contributed by atoms with Crippen LogP contribution in [0.2, 0.25) is 0 Å². The minimum absolute atomic E-state index is 0.0408. The van der Waals surface area contributed by atoms with Gasteiger partial charge >= 0.3 is 0 Å². The summed E-state index contributed by atoms with van der Waals surface area (Å²) in [5.41, 5.74) is -0.893. The molecule has 0 fully saturated rings. The van der Waals surface area contributed by atoms with Crippen LogP contribution in [0.5, 0.6) is 0 Å². The first-order valence-corrected chi connectivity index (χ1v) is 12.0. The number of carbonyl (C=O) groups excluding carboxylic acids is 2. The van der Waals surface area contributed by atoms with Crippen molar-refractivity contribution >= 4 is 11.6 Å². The molecule has 2 atom stereocenters. The highest BCUT2D eigenvalue weighted by Crippen LogP contribution is 2.22. The maximum atomic E-state index is 12.7. The van der Waals surface area contributed by atoms with Crippen LogP contribution < -0.4 is 10.6 Å². The van der Waals surface area contributed by atoms with E-state index in [1.54, 1.807) is 0 Å². The molecule has 0 aromatic carbocycles. The molecule has 4 heteroatoms. The second-order valence-electron chi connectivity index (χ2n) is 10.6. The van der Waals surface area contributed by atoms with E-state index in [2.05, 4.69) is 50.5 Å². The third-order valence-electron chi connectivity index (χ3n) is 5.61. The van der Waals surface area contributed by atoms with Gasteiger partial charge in [0.25, 0.3) is 0 Å². The molecule has 0 heterocycles. The van der Waals surface area contributed by atoms with Crippen molar-refractivity contribution in [3.63, 3.8) is 0 Å². The Morgan fingerprint density at radius 1 is 0.667 bits per heavy atom. The third-order valence-corrected chi connectivity index (χ3v) is 5.61. The van der Waals surface area contributed by atoms with Crippen LogP contribution in [0.1, 0.15) is 108 Å². The minimum Gasteiger partial charge on any atom is -0.303 e. The molecule has 4 nitrogen and oxygen atoms in total. The molecule has 0 aliphatic heterocycles. The molecule has 0 radical (unpaired) electrons. The van der Waals surface area contributed by atoms with Gasteiger partial charge in [0.1, 0.15) is 0 Å². The zero-order valence-electron chi connectivity index (χ0n) is 21.5. The molecule has 30 heavy (non-hydrogen) atoms. The molecule has 0 bridgehead atoms. The lowest BCUT2D eigenvalue weighted by Crippen LogP contribution is -2.53. The molecule has 176 valence electrons. The van der Waals surface area contributed by atoms with Gasteiger partial charge in [0, 0.05) is 23.9 Å². The average Bonchev–Trinajstić information content (AvgIpc) is 2.61. The van der Waals surface area contributed by atoms with E-state index in [-0.39, 0.29) is 23.9 Å².